The lowest BCUT2D eigenvalue weighted by molar-refractivity contribution is -0.139. The van der Waals surface area contributed by atoms with Crippen molar-refractivity contribution < 1.29 is 9.53 Å². The molecule has 3 rings (SSSR count). The van der Waals surface area contributed by atoms with Crippen LogP contribution in [-0.2, 0) is 22.4 Å². The first-order valence-corrected chi connectivity index (χ1v) is 9.41. The van der Waals surface area contributed by atoms with Crippen LogP contribution in [0.2, 0.25) is 0 Å². The first-order valence-electron chi connectivity index (χ1n) is 8.42. The zero-order chi connectivity index (χ0) is 16.9. The summed E-state index contributed by atoms with van der Waals surface area (Å²) in [6.45, 7) is 4.30. The van der Waals surface area contributed by atoms with Crippen LogP contribution in [0.3, 0.4) is 0 Å². The fraction of sp³-hybridized carbons (Fsp3) is 0.421. The van der Waals surface area contributed by atoms with E-state index < -0.39 is 0 Å². The van der Waals surface area contributed by atoms with Crippen molar-refractivity contribution in [3.63, 3.8) is 0 Å². The largest absolute Gasteiger partial charge is 0.465 e. The molecule has 1 aromatic heterocycles. The molecular formula is C19H22N2O2S. The summed E-state index contributed by atoms with van der Waals surface area (Å²) in [4.78, 5) is 21.3. The maximum Gasteiger partial charge on any atom is 0.316 e. The molecule has 126 valence electrons. The summed E-state index contributed by atoms with van der Waals surface area (Å²) in [6.07, 6.45) is 4.31. The van der Waals surface area contributed by atoms with Crippen molar-refractivity contribution >= 4 is 17.7 Å². The third kappa shape index (κ3) is 3.96. The Morgan fingerprint density at radius 3 is 2.88 bits per heavy atom. The second kappa shape index (κ2) is 7.79. The van der Waals surface area contributed by atoms with E-state index >= 15 is 0 Å². The van der Waals surface area contributed by atoms with E-state index in [2.05, 4.69) is 19.1 Å². The molecule has 24 heavy (non-hydrogen) atoms. The Kier molecular flexibility index (Phi) is 5.51. The first kappa shape index (κ1) is 17.0. The first-order chi connectivity index (χ1) is 11.7. The van der Waals surface area contributed by atoms with Crippen LogP contribution in [0.1, 0.15) is 36.6 Å². The average molecular weight is 342 g/mol. The van der Waals surface area contributed by atoms with Crippen LogP contribution >= 0.6 is 11.8 Å². The number of aryl methyl sites for hydroxylation is 2. The van der Waals surface area contributed by atoms with E-state index in [0.717, 1.165) is 41.4 Å². The van der Waals surface area contributed by atoms with Gasteiger partial charge < -0.3 is 4.74 Å². The quantitative estimate of drug-likeness (QED) is 0.467. The number of rotatable bonds is 5. The van der Waals surface area contributed by atoms with Crippen LogP contribution in [0.4, 0.5) is 0 Å². The standard InChI is InChI=1S/C19H22N2O2S/c1-3-23-17(22)12-24-19-15-9-4-5-10-16(15)20-18(21-19)14-8-6-7-13(2)11-14/h6-8,11H,3-5,9-10,12H2,1-2H3. The van der Waals surface area contributed by atoms with Crippen molar-refractivity contribution in [1.82, 2.24) is 9.97 Å². The van der Waals surface area contributed by atoms with Crippen LogP contribution in [0.5, 0.6) is 0 Å². The predicted molar refractivity (Wildman–Crippen MR) is 96.2 cm³/mol. The molecule has 0 aliphatic heterocycles. The zero-order valence-electron chi connectivity index (χ0n) is 14.2. The molecular weight excluding hydrogens is 320 g/mol. The van der Waals surface area contributed by atoms with Gasteiger partial charge in [0.2, 0.25) is 0 Å². The van der Waals surface area contributed by atoms with Gasteiger partial charge in [-0.2, -0.15) is 0 Å². The molecule has 2 aromatic rings. The summed E-state index contributed by atoms with van der Waals surface area (Å²) in [5.41, 5.74) is 4.57. The van der Waals surface area contributed by atoms with Gasteiger partial charge in [-0.25, -0.2) is 9.97 Å². The van der Waals surface area contributed by atoms with Gasteiger partial charge in [-0.05, 0) is 45.6 Å². The third-order valence-corrected chi connectivity index (χ3v) is 5.04. The van der Waals surface area contributed by atoms with Crippen LogP contribution in [-0.4, -0.2) is 28.3 Å². The lowest BCUT2D eigenvalue weighted by atomic mass is 9.97. The third-order valence-electron chi connectivity index (χ3n) is 4.05. The Labute approximate surface area is 147 Å². The summed E-state index contributed by atoms with van der Waals surface area (Å²) in [5.74, 6) is 0.860. The number of carbonyl (C=O) groups excluding carboxylic acids is 1. The number of hydrogen-bond donors (Lipinski definition) is 0. The maximum absolute atomic E-state index is 11.7. The highest BCUT2D eigenvalue weighted by molar-refractivity contribution is 7.99. The van der Waals surface area contributed by atoms with Crippen molar-refractivity contribution in [3.05, 3.63) is 41.1 Å². The number of benzene rings is 1. The molecule has 4 nitrogen and oxygen atoms in total. The highest BCUT2D eigenvalue weighted by Crippen LogP contribution is 2.31. The van der Waals surface area contributed by atoms with Crippen LogP contribution in [0, 0.1) is 6.92 Å². The lowest BCUT2D eigenvalue weighted by Gasteiger charge is -2.19. The van der Waals surface area contributed by atoms with Crippen molar-refractivity contribution in [1.29, 1.82) is 0 Å². The van der Waals surface area contributed by atoms with Gasteiger partial charge in [-0.3, -0.25) is 4.79 Å². The molecule has 1 aliphatic rings. The van der Waals surface area contributed by atoms with Crippen LogP contribution < -0.4 is 0 Å². The number of nitrogens with zero attached hydrogens (tertiary/aromatic N) is 2. The molecule has 0 unspecified atom stereocenters. The Balaban J connectivity index is 1.93. The molecule has 1 heterocycles. The molecule has 0 N–H and O–H groups in total. The second-order valence-electron chi connectivity index (χ2n) is 5.95. The number of esters is 1. The van der Waals surface area contributed by atoms with Gasteiger partial charge in [0.05, 0.1) is 12.4 Å². The van der Waals surface area contributed by atoms with E-state index in [1.807, 2.05) is 19.1 Å². The average Bonchev–Trinajstić information content (AvgIpc) is 2.59. The van der Waals surface area contributed by atoms with E-state index in [9.17, 15) is 4.79 Å². The number of ether oxygens (including phenoxy) is 1. The van der Waals surface area contributed by atoms with Crippen molar-refractivity contribution in [2.24, 2.45) is 0 Å². The van der Waals surface area contributed by atoms with E-state index in [-0.39, 0.29) is 5.97 Å². The molecule has 0 saturated carbocycles. The predicted octanol–water partition coefficient (Wildman–Crippen LogP) is 3.99. The molecule has 0 amide bonds. The fourth-order valence-corrected chi connectivity index (χ4v) is 3.81. The van der Waals surface area contributed by atoms with Crippen LogP contribution in [0.15, 0.2) is 29.3 Å². The minimum atomic E-state index is -0.192. The molecule has 5 heteroatoms. The normalized spacial score (nSPS) is 13.4. The molecule has 0 spiro atoms. The molecule has 0 radical (unpaired) electrons. The molecule has 0 fully saturated rings. The summed E-state index contributed by atoms with van der Waals surface area (Å²) in [5, 5.41) is 0.934. The topological polar surface area (TPSA) is 52.1 Å². The molecule has 0 bridgehead atoms. The number of hydrogen-bond acceptors (Lipinski definition) is 5. The van der Waals surface area contributed by atoms with Gasteiger partial charge in [-0.15, -0.1) is 0 Å². The van der Waals surface area contributed by atoms with Gasteiger partial charge in [0.1, 0.15) is 5.03 Å². The Hall–Kier alpha value is -1.88. The van der Waals surface area contributed by atoms with Crippen molar-refractivity contribution in [3.8, 4) is 11.4 Å². The number of thioether (sulfide) groups is 1. The van der Waals surface area contributed by atoms with Crippen molar-refractivity contribution in [2.45, 2.75) is 44.6 Å². The van der Waals surface area contributed by atoms with E-state index in [0.29, 0.717) is 12.4 Å². The van der Waals surface area contributed by atoms with Crippen molar-refractivity contribution in [2.75, 3.05) is 12.4 Å². The Morgan fingerprint density at radius 2 is 2.08 bits per heavy atom. The Bertz CT molecular complexity index is 746. The fourth-order valence-electron chi connectivity index (χ4n) is 2.92. The van der Waals surface area contributed by atoms with Gasteiger partial charge in [0.25, 0.3) is 0 Å². The van der Waals surface area contributed by atoms with Gasteiger partial charge in [0, 0.05) is 16.8 Å². The second-order valence-corrected chi connectivity index (χ2v) is 6.91. The molecule has 0 saturated heterocycles. The van der Waals surface area contributed by atoms with E-state index in [1.54, 1.807) is 0 Å². The SMILES string of the molecule is CCOC(=O)CSc1nc(-c2cccc(C)c2)nc2c1CCCC2. The molecule has 1 aliphatic carbocycles. The Morgan fingerprint density at radius 1 is 1.25 bits per heavy atom. The summed E-state index contributed by atoms with van der Waals surface area (Å²) in [6, 6.07) is 8.24. The summed E-state index contributed by atoms with van der Waals surface area (Å²) >= 11 is 1.47. The minimum absolute atomic E-state index is 0.192. The minimum Gasteiger partial charge on any atom is -0.465 e. The van der Waals surface area contributed by atoms with Gasteiger partial charge in [0.15, 0.2) is 5.82 Å². The zero-order valence-corrected chi connectivity index (χ0v) is 15.0. The highest BCUT2D eigenvalue weighted by atomic mass is 32.2. The lowest BCUT2D eigenvalue weighted by Crippen LogP contribution is -2.12. The monoisotopic (exact) mass is 342 g/mol. The highest BCUT2D eigenvalue weighted by Gasteiger charge is 2.19. The smallest absolute Gasteiger partial charge is 0.316 e. The van der Waals surface area contributed by atoms with Gasteiger partial charge in [-0.1, -0.05) is 35.5 Å². The maximum atomic E-state index is 11.7. The van der Waals surface area contributed by atoms with Gasteiger partial charge >= 0.3 is 5.97 Å². The summed E-state index contributed by atoms with van der Waals surface area (Å²) in [7, 11) is 0. The molecule has 1 aromatic carbocycles. The summed E-state index contributed by atoms with van der Waals surface area (Å²) < 4.78 is 5.04. The number of aromatic nitrogens is 2. The number of carbonyl (C=O) groups is 1. The van der Waals surface area contributed by atoms with E-state index in [4.69, 9.17) is 14.7 Å². The molecule has 0 atom stereocenters. The van der Waals surface area contributed by atoms with Crippen LogP contribution in [0.25, 0.3) is 11.4 Å². The number of fused-ring (bicyclic) bond motifs is 1. The van der Waals surface area contributed by atoms with E-state index in [1.165, 1.54) is 29.3 Å².